The molecule has 0 saturated carbocycles. The molecule has 1 rings (SSSR count). The van der Waals surface area contributed by atoms with Crippen molar-refractivity contribution in [3.63, 3.8) is 0 Å². The zero-order chi connectivity index (χ0) is 11.5. The summed E-state index contributed by atoms with van der Waals surface area (Å²) in [5.74, 6) is 2.57. The summed E-state index contributed by atoms with van der Waals surface area (Å²) in [6, 6.07) is -0.171. The Morgan fingerprint density at radius 3 is 2.73 bits per heavy atom. The summed E-state index contributed by atoms with van der Waals surface area (Å²) in [5.41, 5.74) is -0.376. The van der Waals surface area contributed by atoms with Crippen molar-refractivity contribution in [1.82, 2.24) is 4.90 Å². The molecule has 0 aromatic carbocycles. The van der Waals surface area contributed by atoms with Crippen LogP contribution in [0.25, 0.3) is 0 Å². The highest BCUT2D eigenvalue weighted by Gasteiger charge is 2.37. The average Bonchev–Trinajstić information content (AvgIpc) is 2.28. The molecule has 1 atom stereocenters. The third-order valence-electron chi connectivity index (χ3n) is 3.05. The van der Waals surface area contributed by atoms with Gasteiger partial charge in [0, 0.05) is 6.54 Å². The van der Waals surface area contributed by atoms with Crippen molar-refractivity contribution in [3.8, 4) is 12.3 Å². The maximum Gasteiger partial charge on any atom is 0.323 e. The molecule has 0 aromatic heterocycles. The lowest BCUT2D eigenvalue weighted by Gasteiger charge is -2.42. The van der Waals surface area contributed by atoms with Crippen molar-refractivity contribution in [2.24, 2.45) is 0 Å². The maximum absolute atomic E-state index is 11.6. The van der Waals surface area contributed by atoms with Gasteiger partial charge in [-0.05, 0) is 26.7 Å². The predicted molar refractivity (Wildman–Crippen MR) is 59.3 cm³/mol. The molecule has 0 amide bonds. The number of carbonyl (C=O) groups is 1. The van der Waals surface area contributed by atoms with E-state index in [1.165, 1.54) is 7.11 Å². The highest BCUT2D eigenvalue weighted by atomic mass is 16.5. The summed E-state index contributed by atoms with van der Waals surface area (Å²) >= 11 is 0. The molecule has 1 fully saturated rings. The smallest absolute Gasteiger partial charge is 0.323 e. The summed E-state index contributed by atoms with van der Waals surface area (Å²) in [4.78, 5) is 13.7. The van der Waals surface area contributed by atoms with Gasteiger partial charge >= 0.3 is 5.97 Å². The summed E-state index contributed by atoms with van der Waals surface area (Å²) in [6.07, 6.45) is 8.50. The van der Waals surface area contributed by atoms with E-state index in [0.717, 1.165) is 25.8 Å². The number of esters is 1. The third-order valence-corrected chi connectivity index (χ3v) is 3.05. The first kappa shape index (κ1) is 12.1. The quantitative estimate of drug-likeness (QED) is 0.509. The highest BCUT2D eigenvalue weighted by molar-refractivity contribution is 5.76. The van der Waals surface area contributed by atoms with Crippen molar-refractivity contribution >= 4 is 5.97 Å². The van der Waals surface area contributed by atoms with Gasteiger partial charge in [0.05, 0.1) is 12.6 Å². The average molecular weight is 209 g/mol. The molecule has 0 bridgehead atoms. The van der Waals surface area contributed by atoms with Gasteiger partial charge < -0.3 is 4.74 Å². The molecule has 0 N–H and O–H groups in total. The van der Waals surface area contributed by atoms with Gasteiger partial charge in [-0.1, -0.05) is 12.3 Å². The van der Waals surface area contributed by atoms with Crippen LogP contribution in [0.2, 0.25) is 0 Å². The Bertz CT molecular complexity index is 278. The Labute approximate surface area is 91.8 Å². The molecule has 1 saturated heterocycles. The van der Waals surface area contributed by atoms with Crippen LogP contribution < -0.4 is 0 Å². The Hall–Kier alpha value is -1.01. The minimum Gasteiger partial charge on any atom is -0.468 e. The fourth-order valence-corrected chi connectivity index (χ4v) is 2.06. The minimum absolute atomic E-state index is 0.168. The number of terminal acetylenes is 1. The van der Waals surface area contributed by atoms with Gasteiger partial charge in [-0.15, -0.1) is 6.42 Å². The minimum atomic E-state index is -0.376. The summed E-state index contributed by atoms with van der Waals surface area (Å²) in [5, 5.41) is 0. The first-order chi connectivity index (χ1) is 7.03. The summed E-state index contributed by atoms with van der Waals surface area (Å²) in [6.45, 7) is 4.81. The van der Waals surface area contributed by atoms with Crippen LogP contribution >= 0.6 is 0 Å². The van der Waals surface area contributed by atoms with Gasteiger partial charge in [0.25, 0.3) is 0 Å². The number of hydrogen-bond donors (Lipinski definition) is 0. The summed E-state index contributed by atoms with van der Waals surface area (Å²) < 4.78 is 4.81. The number of ether oxygens (including phenoxy) is 1. The van der Waals surface area contributed by atoms with Crippen molar-refractivity contribution in [3.05, 3.63) is 0 Å². The van der Waals surface area contributed by atoms with Crippen LogP contribution in [0, 0.1) is 12.3 Å². The molecule has 0 spiro atoms. The van der Waals surface area contributed by atoms with Crippen molar-refractivity contribution in [2.75, 3.05) is 13.7 Å². The van der Waals surface area contributed by atoms with Crippen LogP contribution in [0.4, 0.5) is 0 Å². The fraction of sp³-hybridized carbons (Fsp3) is 0.750. The largest absolute Gasteiger partial charge is 0.468 e. The Balaban J connectivity index is 2.84. The van der Waals surface area contributed by atoms with Gasteiger partial charge in [-0.25, -0.2) is 0 Å². The second kappa shape index (κ2) is 4.67. The van der Waals surface area contributed by atoms with E-state index in [1.54, 1.807) is 0 Å². The monoisotopic (exact) mass is 209 g/mol. The Morgan fingerprint density at radius 1 is 1.53 bits per heavy atom. The van der Waals surface area contributed by atoms with Gasteiger partial charge in [-0.3, -0.25) is 9.69 Å². The van der Waals surface area contributed by atoms with E-state index < -0.39 is 0 Å². The number of methoxy groups -OCH3 is 1. The van der Waals surface area contributed by atoms with E-state index in [1.807, 2.05) is 13.8 Å². The number of piperidine rings is 1. The van der Waals surface area contributed by atoms with Gasteiger partial charge in [-0.2, -0.15) is 0 Å². The maximum atomic E-state index is 11.6. The second-order valence-corrected chi connectivity index (χ2v) is 4.43. The number of hydrogen-bond acceptors (Lipinski definition) is 3. The number of carbonyl (C=O) groups excluding carboxylic acids is 1. The molecule has 1 unspecified atom stereocenters. The van der Waals surface area contributed by atoms with Crippen LogP contribution in [0.15, 0.2) is 0 Å². The van der Waals surface area contributed by atoms with Crippen molar-refractivity contribution in [1.29, 1.82) is 0 Å². The van der Waals surface area contributed by atoms with Gasteiger partial charge in [0.1, 0.15) is 6.04 Å². The third kappa shape index (κ3) is 2.51. The molecule has 15 heavy (non-hydrogen) atoms. The standard InChI is InChI=1S/C12H19NO2/c1-5-12(2,3)13-9-7-6-8-10(13)11(14)15-4/h1,10H,6-9H2,2-4H3. The van der Waals surface area contributed by atoms with Crippen LogP contribution in [-0.4, -0.2) is 36.1 Å². The van der Waals surface area contributed by atoms with E-state index in [0.29, 0.717) is 0 Å². The molecule has 0 aromatic rings. The van der Waals surface area contributed by atoms with Crippen molar-refractivity contribution < 1.29 is 9.53 Å². The molecule has 1 aliphatic heterocycles. The zero-order valence-electron chi connectivity index (χ0n) is 9.75. The van der Waals surface area contributed by atoms with E-state index in [4.69, 9.17) is 11.2 Å². The lowest BCUT2D eigenvalue weighted by molar-refractivity contribution is -0.150. The van der Waals surface area contributed by atoms with Gasteiger partial charge in [0.15, 0.2) is 0 Å². The molecule has 3 heteroatoms. The van der Waals surface area contributed by atoms with E-state index in [9.17, 15) is 4.79 Å². The lowest BCUT2D eigenvalue weighted by atomic mass is 9.94. The van der Waals surface area contributed by atoms with Crippen LogP contribution in [0.3, 0.4) is 0 Å². The normalized spacial score (nSPS) is 23.2. The van der Waals surface area contributed by atoms with Crippen LogP contribution in [0.5, 0.6) is 0 Å². The van der Waals surface area contributed by atoms with E-state index >= 15 is 0 Å². The molecule has 0 aliphatic carbocycles. The molecular formula is C12H19NO2. The first-order valence-corrected chi connectivity index (χ1v) is 5.35. The van der Waals surface area contributed by atoms with Gasteiger partial charge in [0.2, 0.25) is 0 Å². The predicted octanol–water partition coefficient (Wildman–Crippen LogP) is 1.43. The number of likely N-dealkylation sites (tertiary alicyclic amines) is 1. The molecule has 84 valence electrons. The SMILES string of the molecule is C#CC(C)(C)N1CCCCC1C(=O)OC. The molecule has 1 aliphatic rings. The lowest BCUT2D eigenvalue weighted by Crippen LogP contribution is -2.54. The first-order valence-electron chi connectivity index (χ1n) is 5.35. The van der Waals surface area contributed by atoms with Crippen LogP contribution in [-0.2, 0) is 9.53 Å². The van der Waals surface area contributed by atoms with E-state index in [2.05, 4.69) is 10.8 Å². The topological polar surface area (TPSA) is 29.5 Å². The molecule has 1 heterocycles. The number of rotatable bonds is 2. The molecular weight excluding hydrogens is 190 g/mol. The highest BCUT2D eigenvalue weighted by Crippen LogP contribution is 2.26. The second-order valence-electron chi connectivity index (χ2n) is 4.43. The Morgan fingerprint density at radius 2 is 2.20 bits per heavy atom. The Kier molecular flexibility index (Phi) is 3.76. The molecule has 0 radical (unpaired) electrons. The zero-order valence-corrected chi connectivity index (χ0v) is 9.75. The summed E-state index contributed by atoms with van der Waals surface area (Å²) in [7, 11) is 1.43. The van der Waals surface area contributed by atoms with E-state index in [-0.39, 0.29) is 17.6 Å². The fourth-order valence-electron chi connectivity index (χ4n) is 2.06. The number of nitrogens with zero attached hydrogens (tertiary/aromatic N) is 1. The van der Waals surface area contributed by atoms with Crippen LogP contribution in [0.1, 0.15) is 33.1 Å². The van der Waals surface area contributed by atoms with Crippen molar-refractivity contribution in [2.45, 2.75) is 44.7 Å². The molecule has 3 nitrogen and oxygen atoms in total.